The van der Waals surface area contributed by atoms with E-state index in [2.05, 4.69) is 224 Å². The summed E-state index contributed by atoms with van der Waals surface area (Å²) in [5, 5.41) is 4.51. The molecule has 0 spiro atoms. The SMILES string of the molecule is c1ccc(-c2ccc(-c3cc(-c4ccccc4)cc(-c4cccc(-c5ccc(-c6ccc7ccc8ccc(-c9ccccc9)nc8c7n6)c6ccccc56)c4)c3)cc2)cc1. The molecule has 2 heterocycles. The van der Waals surface area contributed by atoms with Crippen LogP contribution in [0.4, 0.5) is 0 Å². The molecule has 0 unspecified atom stereocenters. The second-order valence-electron chi connectivity index (χ2n) is 15.4. The third kappa shape index (κ3) is 6.61. The summed E-state index contributed by atoms with van der Waals surface area (Å²) in [4.78, 5) is 10.5. The van der Waals surface area contributed by atoms with Crippen molar-refractivity contribution in [3.05, 3.63) is 231 Å². The summed E-state index contributed by atoms with van der Waals surface area (Å²) in [6.45, 7) is 0. The summed E-state index contributed by atoms with van der Waals surface area (Å²) >= 11 is 0. The van der Waals surface area contributed by atoms with Crippen LogP contribution in [-0.2, 0) is 0 Å². The van der Waals surface area contributed by atoms with E-state index in [1.165, 1.54) is 61.0 Å². The van der Waals surface area contributed by atoms with Crippen LogP contribution in [-0.4, -0.2) is 9.97 Å². The normalized spacial score (nSPS) is 11.3. The van der Waals surface area contributed by atoms with Crippen molar-refractivity contribution < 1.29 is 0 Å². The lowest BCUT2D eigenvalue weighted by Gasteiger charge is -2.15. The molecule has 0 bridgehead atoms. The predicted molar refractivity (Wildman–Crippen MR) is 253 cm³/mol. The Morgan fingerprint density at radius 3 is 1.22 bits per heavy atom. The first kappa shape index (κ1) is 35.2. The molecule has 0 aliphatic carbocycles. The number of nitrogens with zero attached hydrogens (tertiary/aromatic N) is 2. The topological polar surface area (TPSA) is 25.8 Å². The average Bonchev–Trinajstić information content (AvgIpc) is 3.34. The fraction of sp³-hybridized carbons (Fsp3) is 0. The van der Waals surface area contributed by atoms with Crippen LogP contribution in [0.15, 0.2) is 231 Å². The molecule has 0 saturated heterocycles. The minimum Gasteiger partial charge on any atom is -0.245 e. The molecule has 11 aromatic rings. The highest BCUT2D eigenvalue weighted by atomic mass is 14.8. The summed E-state index contributed by atoms with van der Waals surface area (Å²) < 4.78 is 0. The summed E-state index contributed by atoms with van der Waals surface area (Å²) in [6, 6.07) is 82.5. The van der Waals surface area contributed by atoms with Crippen molar-refractivity contribution in [2.75, 3.05) is 0 Å². The molecular weight excluding hydrogens is 725 g/mol. The van der Waals surface area contributed by atoms with Crippen molar-refractivity contribution in [2.24, 2.45) is 0 Å². The van der Waals surface area contributed by atoms with Crippen LogP contribution in [0.5, 0.6) is 0 Å². The Morgan fingerprint density at radius 1 is 0.217 bits per heavy atom. The van der Waals surface area contributed by atoms with Gasteiger partial charge in [0.15, 0.2) is 0 Å². The van der Waals surface area contributed by atoms with Crippen molar-refractivity contribution >= 4 is 32.6 Å². The molecule has 0 amide bonds. The molecule has 0 aliphatic heterocycles. The molecule has 2 aromatic heterocycles. The van der Waals surface area contributed by atoms with Crippen molar-refractivity contribution in [2.45, 2.75) is 0 Å². The third-order valence-electron chi connectivity index (χ3n) is 11.7. The van der Waals surface area contributed by atoms with Crippen LogP contribution in [0.1, 0.15) is 0 Å². The zero-order valence-electron chi connectivity index (χ0n) is 32.8. The van der Waals surface area contributed by atoms with Gasteiger partial charge < -0.3 is 0 Å². The van der Waals surface area contributed by atoms with E-state index in [1.807, 2.05) is 6.07 Å². The van der Waals surface area contributed by atoms with Gasteiger partial charge in [-0.2, -0.15) is 0 Å². The third-order valence-corrected chi connectivity index (χ3v) is 11.7. The first-order chi connectivity index (χ1) is 29.7. The second-order valence-corrected chi connectivity index (χ2v) is 15.4. The second kappa shape index (κ2) is 15.1. The molecule has 0 radical (unpaired) electrons. The number of pyridine rings is 2. The van der Waals surface area contributed by atoms with Crippen molar-refractivity contribution in [3.8, 4) is 78.1 Å². The smallest absolute Gasteiger partial charge is 0.0972 e. The molecule has 11 rings (SSSR count). The van der Waals surface area contributed by atoms with Gasteiger partial charge in [0.2, 0.25) is 0 Å². The van der Waals surface area contributed by atoms with Crippen LogP contribution in [0.2, 0.25) is 0 Å². The number of fused-ring (bicyclic) bond motifs is 4. The van der Waals surface area contributed by atoms with Crippen LogP contribution < -0.4 is 0 Å². The Balaban J connectivity index is 0.996. The zero-order chi connectivity index (χ0) is 39.8. The van der Waals surface area contributed by atoms with Gasteiger partial charge in [-0.1, -0.05) is 194 Å². The number of rotatable bonds is 7. The van der Waals surface area contributed by atoms with Gasteiger partial charge in [-0.05, 0) is 103 Å². The lowest BCUT2D eigenvalue weighted by molar-refractivity contribution is 1.37. The molecule has 2 nitrogen and oxygen atoms in total. The molecule has 0 fully saturated rings. The van der Waals surface area contributed by atoms with Gasteiger partial charge >= 0.3 is 0 Å². The fourth-order valence-electron chi connectivity index (χ4n) is 8.57. The first-order valence-corrected chi connectivity index (χ1v) is 20.5. The van der Waals surface area contributed by atoms with Gasteiger partial charge in [0.25, 0.3) is 0 Å². The van der Waals surface area contributed by atoms with E-state index < -0.39 is 0 Å². The molecule has 9 aromatic carbocycles. The Kier molecular flexibility index (Phi) is 8.87. The molecule has 0 saturated carbocycles. The van der Waals surface area contributed by atoms with E-state index in [-0.39, 0.29) is 0 Å². The standard InChI is InChI=1S/C58H38N2/c1-4-13-39(14-5-1)41-23-25-42(26-24-41)49-36-48(40-15-6-2-7-16-40)37-50(38-49)46-19-12-20-47(35-46)51-31-32-54(53-22-11-10-21-52(51)53)56-34-30-45-28-27-44-29-33-55(43-17-8-3-9-18-43)59-57(44)58(45)60-56/h1-38H. The molecule has 2 heteroatoms. The van der Waals surface area contributed by atoms with Gasteiger partial charge in [0.05, 0.1) is 22.4 Å². The molecule has 280 valence electrons. The highest BCUT2D eigenvalue weighted by Gasteiger charge is 2.15. The maximum atomic E-state index is 5.34. The first-order valence-electron chi connectivity index (χ1n) is 20.5. The Labute approximate surface area is 349 Å². The van der Waals surface area contributed by atoms with E-state index in [0.29, 0.717) is 0 Å². The van der Waals surface area contributed by atoms with Gasteiger partial charge in [0.1, 0.15) is 0 Å². The monoisotopic (exact) mass is 762 g/mol. The lowest BCUT2D eigenvalue weighted by atomic mass is 9.90. The van der Waals surface area contributed by atoms with E-state index in [1.54, 1.807) is 0 Å². The molecule has 0 atom stereocenters. The number of hydrogen-bond donors (Lipinski definition) is 0. The average molecular weight is 763 g/mol. The Hall–Kier alpha value is -7.94. The predicted octanol–water partition coefficient (Wildman–Crippen LogP) is 15.6. The van der Waals surface area contributed by atoms with Gasteiger partial charge in [-0.3, -0.25) is 0 Å². The Morgan fingerprint density at radius 2 is 0.600 bits per heavy atom. The molecule has 0 N–H and O–H groups in total. The van der Waals surface area contributed by atoms with Gasteiger partial charge in [-0.15, -0.1) is 0 Å². The minimum absolute atomic E-state index is 0.910. The summed E-state index contributed by atoms with van der Waals surface area (Å²) in [7, 11) is 0. The van der Waals surface area contributed by atoms with E-state index in [4.69, 9.17) is 9.97 Å². The summed E-state index contributed by atoms with van der Waals surface area (Å²) in [6.07, 6.45) is 0. The zero-order valence-corrected chi connectivity index (χ0v) is 32.8. The fourth-order valence-corrected chi connectivity index (χ4v) is 8.57. The van der Waals surface area contributed by atoms with E-state index >= 15 is 0 Å². The van der Waals surface area contributed by atoms with Crippen LogP contribution in [0, 0.1) is 0 Å². The number of benzene rings is 9. The molecular formula is C58H38N2. The summed E-state index contributed by atoms with van der Waals surface area (Å²) in [5.74, 6) is 0. The quantitative estimate of drug-likeness (QED) is 0.151. The highest BCUT2D eigenvalue weighted by Crippen LogP contribution is 2.39. The maximum absolute atomic E-state index is 5.34. The van der Waals surface area contributed by atoms with Crippen molar-refractivity contribution in [1.29, 1.82) is 0 Å². The number of hydrogen-bond acceptors (Lipinski definition) is 2. The largest absolute Gasteiger partial charge is 0.245 e. The van der Waals surface area contributed by atoms with Crippen LogP contribution in [0.25, 0.3) is 111 Å². The van der Waals surface area contributed by atoms with E-state index in [9.17, 15) is 0 Å². The summed E-state index contributed by atoms with van der Waals surface area (Å²) in [5.41, 5.74) is 17.8. The van der Waals surface area contributed by atoms with Crippen LogP contribution >= 0.6 is 0 Å². The van der Waals surface area contributed by atoms with Gasteiger partial charge in [-0.25, -0.2) is 9.97 Å². The lowest BCUT2D eigenvalue weighted by Crippen LogP contribution is -1.92. The van der Waals surface area contributed by atoms with E-state index in [0.717, 1.165) is 49.7 Å². The molecule has 0 aliphatic rings. The highest BCUT2D eigenvalue weighted by molar-refractivity contribution is 6.07. The number of aromatic nitrogens is 2. The van der Waals surface area contributed by atoms with Gasteiger partial charge in [0, 0.05) is 21.9 Å². The Bertz CT molecular complexity index is 3340. The van der Waals surface area contributed by atoms with Crippen LogP contribution in [0.3, 0.4) is 0 Å². The van der Waals surface area contributed by atoms with Crippen molar-refractivity contribution in [3.63, 3.8) is 0 Å². The minimum atomic E-state index is 0.910. The van der Waals surface area contributed by atoms with Crippen molar-refractivity contribution in [1.82, 2.24) is 9.97 Å². The molecule has 60 heavy (non-hydrogen) atoms. The maximum Gasteiger partial charge on any atom is 0.0972 e.